The van der Waals surface area contributed by atoms with Crippen LogP contribution in [0.2, 0.25) is 0 Å². The lowest BCUT2D eigenvalue weighted by atomic mass is 10.1. The smallest absolute Gasteiger partial charge is 0.222 e. The summed E-state index contributed by atoms with van der Waals surface area (Å²) in [5.74, 6) is 0. The quantitative estimate of drug-likeness (QED) is 0.366. The zero-order chi connectivity index (χ0) is 18.2. The molecule has 25 heavy (non-hydrogen) atoms. The van der Waals surface area contributed by atoms with Gasteiger partial charge >= 0.3 is 0 Å². The Kier molecular flexibility index (Phi) is 6.73. The molecule has 0 aliphatic heterocycles. The van der Waals surface area contributed by atoms with E-state index >= 15 is 0 Å². The van der Waals surface area contributed by atoms with Gasteiger partial charge in [0.25, 0.3) is 0 Å². The van der Waals surface area contributed by atoms with Crippen LogP contribution < -0.4 is 26.4 Å². The second-order valence-corrected chi connectivity index (χ2v) is 5.88. The average Bonchev–Trinajstić information content (AvgIpc) is 2.63. The number of pyridine rings is 1. The molecule has 0 fully saturated rings. The first-order valence-corrected chi connectivity index (χ1v) is 8.25. The van der Waals surface area contributed by atoms with Crippen molar-refractivity contribution in [2.75, 3.05) is 24.0 Å². The van der Waals surface area contributed by atoms with Gasteiger partial charge in [-0.15, -0.1) is 0 Å². The highest BCUT2D eigenvalue weighted by Gasteiger charge is 2.15. The fraction of sp³-hybridized carbons (Fsp3) is 0.333. The molecule has 1 aromatic heterocycles. The number of hydrazine groups is 3. The number of carbonyl (C=O) groups excluding carboxylic acids is 1. The van der Waals surface area contributed by atoms with E-state index in [2.05, 4.69) is 58.5 Å². The zero-order valence-corrected chi connectivity index (χ0v) is 15.2. The molecule has 2 aromatic rings. The molecule has 1 aromatic carbocycles. The standard InChI is InChI=1S/C18H26N6O/c1-5-15-7-6-8-17(24(4)22-21-20-13-25)18(15)23(3)12-16-10-9-14(2)11-19-16/h6-11,13,21-22H,5,12H2,1-4H3,(H,20,25). The lowest BCUT2D eigenvalue weighted by molar-refractivity contribution is -0.110. The number of rotatable bonds is 9. The Hall–Kier alpha value is -2.64. The SMILES string of the molecule is CCc1cccc(N(C)NNNC=O)c1N(C)Cc1ccc(C)cn1. The van der Waals surface area contributed by atoms with Crippen molar-refractivity contribution in [3.63, 3.8) is 0 Å². The number of nitrogens with one attached hydrogen (secondary N) is 3. The minimum absolute atomic E-state index is 0.569. The van der Waals surface area contributed by atoms with Crippen LogP contribution in [0.1, 0.15) is 23.7 Å². The van der Waals surface area contributed by atoms with Crippen molar-refractivity contribution in [1.29, 1.82) is 0 Å². The van der Waals surface area contributed by atoms with Gasteiger partial charge in [0.2, 0.25) is 6.41 Å². The molecule has 7 heteroatoms. The van der Waals surface area contributed by atoms with Gasteiger partial charge in [0, 0.05) is 20.3 Å². The van der Waals surface area contributed by atoms with Gasteiger partial charge in [-0.2, -0.15) is 11.1 Å². The van der Waals surface area contributed by atoms with Gasteiger partial charge in [-0.05, 0) is 36.6 Å². The predicted octanol–water partition coefficient (Wildman–Crippen LogP) is 1.70. The first kappa shape index (κ1) is 18.7. The van der Waals surface area contributed by atoms with E-state index in [0.29, 0.717) is 13.0 Å². The largest absolute Gasteiger partial charge is 0.367 e. The van der Waals surface area contributed by atoms with Crippen LogP contribution >= 0.6 is 0 Å². The molecule has 0 saturated carbocycles. The summed E-state index contributed by atoms with van der Waals surface area (Å²) < 4.78 is 0. The molecular formula is C18H26N6O. The molecule has 0 saturated heterocycles. The van der Waals surface area contributed by atoms with Crippen LogP contribution in [0.25, 0.3) is 0 Å². The Morgan fingerprint density at radius 1 is 1.20 bits per heavy atom. The summed E-state index contributed by atoms with van der Waals surface area (Å²) >= 11 is 0. The van der Waals surface area contributed by atoms with Gasteiger partial charge in [0.1, 0.15) is 0 Å². The summed E-state index contributed by atoms with van der Waals surface area (Å²) in [4.78, 5) is 17.1. The van der Waals surface area contributed by atoms with Crippen molar-refractivity contribution in [2.45, 2.75) is 26.8 Å². The van der Waals surface area contributed by atoms with Gasteiger partial charge < -0.3 is 4.90 Å². The fourth-order valence-electron chi connectivity index (χ4n) is 2.69. The molecule has 0 aliphatic rings. The van der Waals surface area contributed by atoms with Crippen molar-refractivity contribution in [3.8, 4) is 0 Å². The number of para-hydroxylation sites is 1. The zero-order valence-electron chi connectivity index (χ0n) is 15.2. The Labute approximate surface area is 149 Å². The highest BCUT2D eigenvalue weighted by Crippen LogP contribution is 2.32. The number of carbonyl (C=O) groups is 1. The van der Waals surface area contributed by atoms with Crippen LogP contribution in [-0.4, -0.2) is 25.5 Å². The number of benzene rings is 1. The summed E-state index contributed by atoms with van der Waals surface area (Å²) in [5.41, 5.74) is 13.4. The lowest BCUT2D eigenvalue weighted by Gasteiger charge is -2.30. The Balaban J connectivity index is 2.26. The van der Waals surface area contributed by atoms with E-state index in [4.69, 9.17) is 0 Å². The van der Waals surface area contributed by atoms with Crippen LogP contribution in [0.15, 0.2) is 36.5 Å². The van der Waals surface area contributed by atoms with E-state index in [9.17, 15) is 4.79 Å². The molecule has 0 spiro atoms. The van der Waals surface area contributed by atoms with E-state index in [-0.39, 0.29) is 0 Å². The van der Waals surface area contributed by atoms with Crippen molar-refractivity contribution >= 4 is 17.8 Å². The Bertz CT molecular complexity index is 688. The molecule has 0 radical (unpaired) electrons. The maximum Gasteiger partial charge on any atom is 0.222 e. The van der Waals surface area contributed by atoms with E-state index in [1.165, 1.54) is 5.56 Å². The maximum absolute atomic E-state index is 10.4. The normalized spacial score (nSPS) is 10.4. The third kappa shape index (κ3) is 4.91. The van der Waals surface area contributed by atoms with Crippen molar-refractivity contribution in [3.05, 3.63) is 53.3 Å². The van der Waals surface area contributed by atoms with Gasteiger partial charge in [-0.25, -0.2) is 0 Å². The number of aryl methyl sites for hydroxylation is 2. The van der Waals surface area contributed by atoms with Crippen LogP contribution in [-0.2, 0) is 17.8 Å². The molecular weight excluding hydrogens is 316 g/mol. The number of aromatic nitrogens is 1. The summed E-state index contributed by atoms with van der Waals surface area (Å²) in [7, 11) is 3.94. The van der Waals surface area contributed by atoms with Crippen molar-refractivity contribution in [2.24, 2.45) is 0 Å². The van der Waals surface area contributed by atoms with Gasteiger partial charge in [0.15, 0.2) is 0 Å². The second kappa shape index (κ2) is 9.00. The summed E-state index contributed by atoms with van der Waals surface area (Å²) in [6.07, 6.45) is 3.38. The van der Waals surface area contributed by atoms with Gasteiger partial charge in [0.05, 0.1) is 23.6 Å². The Morgan fingerprint density at radius 2 is 2.00 bits per heavy atom. The van der Waals surface area contributed by atoms with E-state index in [1.807, 2.05) is 37.3 Å². The number of amides is 1. The van der Waals surface area contributed by atoms with Gasteiger partial charge in [-0.1, -0.05) is 25.1 Å². The maximum atomic E-state index is 10.4. The lowest BCUT2D eigenvalue weighted by Crippen LogP contribution is -2.51. The average molecular weight is 342 g/mol. The first-order valence-electron chi connectivity index (χ1n) is 8.25. The highest BCUT2D eigenvalue weighted by atomic mass is 16.1. The van der Waals surface area contributed by atoms with Crippen LogP contribution in [0.3, 0.4) is 0 Å². The van der Waals surface area contributed by atoms with Gasteiger partial charge in [-0.3, -0.25) is 20.2 Å². The van der Waals surface area contributed by atoms with Crippen LogP contribution in [0.4, 0.5) is 11.4 Å². The second-order valence-electron chi connectivity index (χ2n) is 5.88. The summed E-state index contributed by atoms with van der Waals surface area (Å²) in [6, 6.07) is 10.3. The van der Waals surface area contributed by atoms with Crippen LogP contribution in [0.5, 0.6) is 0 Å². The summed E-state index contributed by atoms with van der Waals surface area (Å²) in [6.45, 7) is 4.88. The van der Waals surface area contributed by atoms with E-state index < -0.39 is 0 Å². The van der Waals surface area contributed by atoms with Crippen LogP contribution in [0, 0.1) is 6.92 Å². The van der Waals surface area contributed by atoms with E-state index in [0.717, 1.165) is 29.1 Å². The third-order valence-corrected chi connectivity index (χ3v) is 3.95. The fourth-order valence-corrected chi connectivity index (χ4v) is 2.69. The van der Waals surface area contributed by atoms with E-state index in [1.54, 1.807) is 0 Å². The minimum Gasteiger partial charge on any atom is -0.367 e. The number of anilines is 2. The van der Waals surface area contributed by atoms with Crippen molar-refractivity contribution < 1.29 is 4.79 Å². The minimum atomic E-state index is 0.569. The molecule has 7 nitrogen and oxygen atoms in total. The molecule has 0 atom stereocenters. The molecule has 0 unspecified atom stereocenters. The molecule has 1 amide bonds. The monoisotopic (exact) mass is 342 g/mol. The third-order valence-electron chi connectivity index (χ3n) is 3.95. The molecule has 3 N–H and O–H groups in total. The number of hydrogen-bond donors (Lipinski definition) is 3. The number of hydrogen-bond acceptors (Lipinski definition) is 6. The summed E-state index contributed by atoms with van der Waals surface area (Å²) in [5, 5.41) is 1.82. The first-order chi connectivity index (χ1) is 12.1. The molecule has 134 valence electrons. The highest BCUT2D eigenvalue weighted by molar-refractivity contribution is 5.74. The molecule has 0 aliphatic carbocycles. The Morgan fingerprint density at radius 3 is 2.64 bits per heavy atom. The topological polar surface area (TPSA) is 72.5 Å². The number of nitrogens with zero attached hydrogens (tertiary/aromatic N) is 3. The molecule has 0 bridgehead atoms. The predicted molar refractivity (Wildman–Crippen MR) is 101 cm³/mol. The molecule has 1 heterocycles. The molecule has 2 rings (SSSR count). The van der Waals surface area contributed by atoms with Crippen molar-refractivity contribution in [1.82, 2.24) is 21.5 Å².